The van der Waals surface area contributed by atoms with Crippen molar-refractivity contribution in [2.45, 2.75) is 12.3 Å². The highest BCUT2D eigenvalue weighted by Crippen LogP contribution is 2.28. The molecule has 1 atom stereocenters. The van der Waals surface area contributed by atoms with Crippen molar-refractivity contribution in [1.82, 2.24) is 5.32 Å². The second-order valence-corrected chi connectivity index (χ2v) is 6.03. The average Bonchev–Trinajstić information content (AvgIpc) is 2.42. The molecule has 0 heterocycles. The van der Waals surface area contributed by atoms with Crippen molar-refractivity contribution in [2.24, 2.45) is 0 Å². The highest BCUT2D eigenvalue weighted by Gasteiger charge is 2.14. The molecule has 0 saturated carbocycles. The van der Waals surface area contributed by atoms with E-state index in [1.807, 2.05) is 37.4 Å². The second kappa shape index (κ2) is 7.33. The zero-order valence-electron chi connectivity index (χ0n) is 11.2. The lowest BCUT2D eigenvalue weighted by Gasteiger charge is -2.18. The summed E-state index contributed by atoms with van der Waals surface area (Å²) >= 11 is 18.4. The Bertz CT molecular complexity index is 584. The number of rotatable bonds is 5. The van der Waals surface area contributed by atoms with Crippen LogP contribution in [0.15, 0.2) is 42.5 Å². The van der Waals surface area contributed by atoms with E-state index in [1.54, 1.807) is 6.07 Å². The Morgan fingerprint density at radius 2 is 1.75 bits per heavy atom. The predicted octanol–water partition coefficient (Wildman–Crippen LogP) is 5.19. The number of hydrogen-bond acceptors (Lipinski definition) is 1. The minimum Gasteiger partial charge on any atom is -0.319 e. The lowest BCUT2D eigenvalue weighted by molar-refractivity contribution is 0.626. The molecule has 0 aliphatic rings. The molecule has 0 radical (unpaired) electrons. The predicted molar refractivity (Wildman–Crippen MR) is 88.3 cm³/mol. The van der Waals surface area contributed by atoms with Crippen LogP contribution >= 0.6 is 34.8 Å². The fourth-order valence-electron chi connectivity index (χ4n) is 2.28. The minimum absolute atomic E-state index is 0.301. The molecule has 1 N–H and O–H groups in total. The van der Waals surface area contributed by atoms with Gasteiger partial charge in [0.15, 0.2) is 0 Å². The van der Waals surface area contributed by atoms with E-state index in [0.717, 1.165) is 28.6 Å². The van der Waals surface area contributed by atoms with Crippen LogP contribution in [0.4, 0.5) is 0 Å². The van der Waals surface area contributed by atoms with Crippen LogP contribution in [0.1, 0.15) is 17.0 Å². The molecular weight excluding hydrogens is 313 g/mol. The summed E-state index contributed by atoms with van der Waals surface area (Å²) in [6, 6.07) is 13.5. The van der Waals surface area contributed by atoms with E-state index in [0.29, 0.717) is 10.9 Å². The first-order valence-corrected chi connectivity index (χ1v) is 7.57. The molecule has 0 aromatic heterocycles. The first-order valence-electron chi connectivity index (χ1n) is 6.44. The normalized spacial score (nSPS) is 12.4. The van der Waals surface area contributed by atoms with Crippen LogP contribution in [0, 0.1) is 0 Å². The van der Waals surface area contributed by atoms with E-state index < -0.39 is 0 Å². The number of benzene rings is 2. The molecule has 0 aliphatic carbocycles. The third-order valence-electron chi connectivity index (χ3n) is 3.24. The molecule has 1 unspecified atom stereocenters. The van der Waals surface area contributed by atoms with Crippen molar-refractivity contribution in [3.63, 3.8) is 0 Å². The van der Waals surface area contributed by atoms with Gasteiger partial charge in [-0.25, -0.2) is 0 Å². The molecule has 2 rings (SSSR count). The Balaban J connectivity index is 2.27. The maximum absolute atomic E-state index is 6.25. The summed E-state index contributed by atoms with van der Waals surface area (Å²) in [5, 5.41) is 5.43. The Morgan fingerprint density at radius 3 is 2.45 bits per heavy atom. The van der Waals surface area contributed by atoms with Gasteiger partial charge in [0.1, 0.15) is 0 Å². The third-order valence-corrected chi connectivity index (χ3v) is 4.08. The lowest BCUT2D eigenvalue weighted by atomic mass is 9.92. The molecule has 1 nitrogen and oxygen atoms in total. The van der Waals surface area contributed by atoms with Gasteiger partial charge in [-0.2, -0.15) is 0 Å². The van der Waals surface area contributed by atoms with Crippen molar-refractivity contribution in [3.8, 4) is 0 Å². The maximum Gasteiger partial charge on any atom is 0.0439 e. The Hall–Kier alpha value is -0.730. The average molecular weight is 329 g/mol. The van der Waals surface area contributed by atoms with Gasteiger partial charge in [-0.05, 0) is 54.9 Å². The van der Waals surface area contributed by atoms with Crippen molar-refractivity contribution in [3.05, 3.63) is 68.7 Å². The highest BCUT2D eigenvalue weighted by atomic mass is 35.5. The largest absolute Gasteiger partial charge is 0.319 e. The third kappa shape index (κ3) is 4.13. The van der Waals surface area contributed by atoms with E-state index in [9.17, 15) is 0 Å². The van der Waals surface area contributed by atoms with Gasteiger partial charge in [0.25, 0.3) is 0 Å². The number of nitrogens with one attached hydrogen (secondary N) is 1. The van der Waals surface area contributed by atoms with Crippen molar-refractivity contribution in [1.29, 1.82) is 0 Å². The summed E-state index contributed by atoms with van der Waals surface area (Å²) in [6.45, 7) is 0.850. The standard InChI is InChI=1S/C16H16Cl3N/c1-20-10-13(11-3-2-4-14(17)8-11)7-12-9-15(18)5-6-16(12)19/h2-6,8-9,13,20H,7,10H2,1H3. The van der Waals surface area contributed by atoms with Crippen LogP contribution in [-0.2, 0) is 6.42 Å². The van der Waals surface area contributed by atoms with Crippen LogP contribution in [0.25, 0.3) is 0 Å². The number of likely N-dealkylation sites (N-methyl/N-ethyl adjacent to an activating group) is 1. The topological polar surface area (TPSA) is 12.0 Å². The van der Waals surface area contributed by atoms with E-state index in [4.69, 9.17) is 34.8 Å². The van der Waals surface area contributed by atoms with Crippen molar-refractivity contribution < 1.29 is 0 Å². The van der Waals surface area contributed by atoms with Crippen LogP contribution in [0.2, 0.25) is 15.1 Å². The van der Waals surface area contributed by atoms with Gasteiger partial charge >= 0.3 is 0 Å². The van der Waals surface area contributed by atoms with Crippen LogP contribution in [0.5, 0.6) is 0 Å². The summed E-state index contributed by atoms with van der Waals surface area (Å²) in [6.07, 6.45) is 0.820. The Labute approximate surface area is 134 Å². The van der Waals surface area contributed by atoms with Gasteiger partial charge in [0, 0.05) is 27.5 Å². The van der Waals surface area contributed by atoms with Gasteiger partial charge in [0.05, 0.1) is 0 Å². The summed E-state index contributed by atoms with van der Waals surface area (Å²) in [4.78, 5) is 0. The smallest absolute Gasteiger partial charge is 0.0439 e. The maximum atomic E-state index is 6.25. The van der Waals surface area contributed by atoms with Crippen LogP contribution < -0.4 is 5.32 Å². The fraction of sp³-hybridized carbons (Fsp3) is 0.250. The van der Waals surface area contributed by atoms with Gasteiger partial charge in [-0.1, -0.05) is 46.9 Å². The molecule has 2 aromatic carbocycles. The van der Waals surface area contributed by atoms with E-state index in [-0.39, 0.29) is 0 Å². The molecule has 0 aliphatic heterocycles. The van der Waals surface area contributed by atoms with Gasteiger partial charge in [0.2, 0.25) is 0 Å². The van der Waals surface area contributed by atoms with E-state index in [2.05, 4.69) is 11.4 Å². The summed E-state index contributed by atoms with van der Waals surface area (Å²) < 4.78 is 0. The molecule has 106 valence electrons. The van der Waals surface area contributed by atoms with Gasteiger partial charge in [-0.3, -0.25) is 0 Å². The van der Waals surface area contributed by atoms with Crippen molar-refractivity contribution >= 4 is 34.8 Å². The lowest BCUT2D eigenvalue weighted by Crippen LogP contribution is -2.19. The summed E-state index contributed by atoms with van der Waals surface area (Å²) in [5.74, 6) is 0.301. The second-order valence-electron chi connectivity index (χ2n) is 4.75. The zero-order valence-corrected chi connectivity index (χ0v) is 13.4. The van der Waals surface area contributed by atoms with Crippen LogP contribution in [0.3, 0.4) is 0 Å². The monoisotopic (exact) mass is 327 g/mol. The molecular formula is C16H16Cl3N. The molecule has 0 amide bonds. The Kier molecular flexibility index (Phi) is 5.74. The highest BCUT2D eigenvalue weighted by molar-refractivity contribution is 6.33. The fourth-order valence-corrected chi connectivity index (χ4v) is 2.87. The molecule has 0 saturated heterocycles. The molecule has 0 bridgehead atoms. The molecule has 20 heavy (non-hydrogen) atoms. The molecule has 0 fully saturated rings. The molecule has 4 heteroatoms. The first kappa shape index (κ1) is 15.7. The minimum atomic E-state index is 0.301. The van der Waals surface area contributed by atoms with Gasteiger partial charge < -0.3 is 5.32 Å². The van der Waals surface area contributed by atoms with Crippen LogP contribution in [-0.4, -0.2) is 13.6 Å². The molecule has 2 aromatic rings. The summed E-state index contributed by atoms with van der Waals surface area (Å²) in [5.41, 5.74) is 2.25. The quantitative estimate of drug-likeness (QED) is 0.796. The zero-order chi connectivity index (χ0) is 14.5. The molecule has 0 spiro atoms. The number of hydrogen-bond donors (Lipinski definition) is 1. The van der Waals surface area contributed by atoms with Crippen molar-refractivity contribution in [2.75, 3.05) is 13.6 Å². The summed E-state index contributed by atoms with van der Waals surface area (Å²) in [7, 11) is 1.94. The van der Waals surface area contributed by atoms with Gasteiger partial charge in [-0.15, -0.1) is 0 Å². The van der Waals surface area contributed by atoms with E-state index in [1.165, 1.54) is 5.56 Å². The number of halogens is 3. The first-order chi connectivity index (χ1) is 9.60. The Morgan fingerprint density at radius 1 is 1.00 bits per heavy atom. The SMILES string of the molecule is CNCC(Cc1cc(Cl)ccc1Cl)c1cccc(Cl)c1. The van der Waals surface area contributed by atoms with E-state index >= 15 is 0 Å².